The molecule has 0 saturated carbocycles. The van der Waals surface area contributed by atoms with Crippen LogP contribution in [0.1, 0.15) is 38.0 Å². The number of carbonyl (C=O) groups is 4. The van der Waals surface area contributed by atoms with Crippen LogP contribution in [0.25, 0.3) is 0 Å². The van der Waals surface area contributed by atoms with Crippen LogP contribution in [0.15, 0.2) is 66.7 Å². The van der Waals surface area contributed by atoms with Crippen LogP contribution in [0.2, 0.25) is 0 Å². The van der Waals surface area contributed by atoms with Crippen LogP contribution in [0.5, 0.6) is 5.75 Å². The summed E-state index contributed by atoms with van der Waals surface area (Å²) in [5.74, 6) is -2.53. The molecule has 8 nitrogen and oxygen atoms in total. The van der Waals surface area contributed by atoms with Gasteiger partial charge in [0.2, 0.25) is 5.91 Å². The molecule has 0 radical (unpaired) electrons. The van der Waals surface area contributed by atoms with Gasteiger partial charge in [-0.05, 0) is 54.6 Å². The molecule has 1 heterocycles. The molecule has 1 aliphatic heterocycles. The third-order valence-electron chi connectivity index (χ3n) is 4.98. The number of imide groups is 1. The van der Waals surface area contributed by atoms with E-state index in [1.165, 1.54) is 55.5 Å². The first-order valence-electron chi connectivity index (χ1n) is 10.3. The van der Waals surface area contributed by atoms with E-state index in [1.54, 1.807) is 18.2 Å². The van der Waals surface area contributed by atoms with Gasteiger partial charge in [-0.1, -0.05) is 12.1 Å². The predicted molar refractivity (Wildman–Crippen MR) is 121 cm³/mol. The van der Waals surface area contributed by atoms with E-state index in [9.17, 15) is 23.6 Å². The number of fused-ring (bicyclic) bond motifs is 1. The maximum atomic E-state index is 13.5. The number of amides is 3. The van der Waals surface area contributed by atoms with Crippen LogP contribution in [0, 0.1) is 5.82 Å². The maximum Gasteiger partial charge on any atom is 0.338 e. The van der Waals surface area contributed by atoms with Crippen molar-refractivity contribution in [1.82, 2.24) is 0 Å². The summed E-state index contributed by atoms with van der Waals surface area (Å²) in [5, 5.41) is 2.61. The molecule has 0 bridgehead atoms. The molecule has 34 heavy (non-hydrogen) atoms. The topological polar surface area (TPSA) is 102 Å². The normalized spacial score (nSPS) is 12.4. The zero-order valence-electron chi connectivity index (χ0n) is 18.0. The number of hydrogen-bond acceptors (Lipinski definition) is 6. The lowest BCUT2D eigenvalue weighted by atomic mass is 10.1. The zero-order chi connectivity index (χ0) is 24.2. The summed E-state index contributed by atoms with van der Waals surface area (Å²) in [6.07, 6.45) is 0. The number of nitrogens with one attached hydrogen (secondary N) is 1. The highest BCUT2D eigenvalue weighted by atomic mass is 19.1. The quantitative estimate of drug-likeness (QED) is 0.325. The summed E-state index contributed by atoms with van der Waals surface area (Å²) in [4.78, 5) is 50.3. The van der Waals surface area contributed by atoms with Crippen LogP contribution in [-0.4, -0.2) is 36.9 Å². The number of halogens is 1. The Kier molecular flexibility index (Phi) is 6.35. The smallest absolute Gasteiger partial charge is 0.338 e. The second kappa shape index (κ2) is 9.53. The predicted octanol–water partition coefficient (Wildman–Crippen LogP) is 3.82. The van der Waals surface area contributed by atoms with Gasteiger partial charge in [0.15, 0.2) is 11.6 Å². The van der Waals surface area contributed by atoms with Crippen LogP contribution >= 0.6 is 0 Å². The lowest BCUT2D eigenvalue weighted by molar-refractivity contribution is -0.114. The number of nitrogens with zero attached hydrogens (tertiary/aromatic N) is 1. The summed E-state index contributed by atoms with van der Waals surface area (Å²) in [5.41, 5.74) is 1.18. The van der Waals surface area contributed by atoms with Gasteiger partial charge in [-0.2, -0.15) is 0 Å². The number of carbonyl (C=O) groups excluding carboxylic acids is 4. The van der Waals surface area contributed by atoms with E-state index in [0.29, 0.717) is 11.4 Å². The molecule has 0 spiro atoms. The van der Waals surface area contributed by atoms with E-state index >= 15 is 0 Å². The molecular weight excluding hydrogens is 443 g/mol. The fourth-order valence-electron chi connectivity index (χ4n) is 3.43. The highest BCUT2D eigenvalue weighted by Gasteiger charge is 2.37. The molecular formula is C25H19FN2O6. The third kappa shape index (κ3) is 4.63. The van der Waals surface area contributed by atoms with Crippen molar-refractivity contribution in [3.63, 3.8) is 0 Å². The Morgan fingerprint density at radius 2 is 1.62 bits per heavy atom. The average molecular weight is 462 g/mol. The molecule has 0 aliphatic carbocycles. The van der Waals surface area contributed by atoms with Crippen molar-refractivity contribution >= 4 is 35.1 Å². The lowest BCUT2D eigenvalue weighted by Crippen LogP contribution is -2.29. The molecule has 172 valence electrons. The molecule has 0 fully saturated rings. The second-order valence-corrected chi connectivity index (χ2v) is 7.35. The minimum Gasteiger partial charge on any atom is -0.487 e. The summed E-state index contributed by atoms with van der Waals surface area (Å²) in [6, 6.07) is 16.2. The first-order chi connectivity index (χ1) is 16.3. The Hall–Kier alpha value is -4.53. The van der Waals surface area contributed by atoms with Crippen LogP contribution in [0.3, 0.4) is 0 Å². The van der Waals surface area contributed by atoms with Crippen molar-refractivity contribution in [3.8, 4) is 5.75 Å². The maximum absolute atomic E-state index is 13.5. The zero-order valence-corrected chi connectivity index (χ0v) is 18.0. The number of hydrogen-bond donors (Lipinski definition) is 1. The van der Waals surface area contributed by atoms with E-state index in [4.69, 9.17) is 9.47 Å². The lowest BCUT2D eigenvalue weighted by Gasteiger charge is -2.14. The van der Waals surface area contributed by atoms with Gasteiger partial charge in [-0.3, -0.25) is 14.4 Å². The molecule has 0 aromatic heterocycles. The van der Waals surface area contributed by atoms with Gasteiger partial charge in [-0.15, -0.1) is 0 Å². The SMILES string of the molecule is CC(=O)Nc1ccc(N2C(=O)c3ccc(C(=O)OCCOc4ccccc4F)cc3C2=O)cc1. The highest BCUT2D eigenvalue weighted by molar-refractivity contribution is 6.34. The van der Waals surface area contributed by atoms with Crippen LogP contribution in [-0.2, 0) is 9.53 Å². The minimum absolute atomic E-state index is 0.0467. The Bertz CT molecular complexity index is 1290. The molecule has 1 aliphatic rings. The molecule has 9 heteroatoms. The number of anilines is 2. The van der Waals surface area contributed by atoms with Crippen molar-refractivity contribution in [2.75, 3.05) is 23.4 Å². The number of para-hydroxylation sites is 1. The van der Waals surface area contributed by atoms with Crippen LogP contribution < -0.4 is 15.0 Å². The molecule has 3 aromatic carbocycles. The van der Waals surface area contributed by atoms with E-state index in [1.807, 2.05) is 0 Å². The Morgan fingerprint density at radius 3 is 2.32 bits per heavy atom. The summed E-state index contributed by atoms with van der Waals surface area (Å²) < 4.78 is 23.9. The standard InChI is InChI=1S/C25H19FN2O6/c1-15(29)27-17-7-9-18(10-8-17)28-23(30)19-11-6-16(14-20(19)24(28)31)25(32)34-13-12-33-22-5-3-2-4-21(22)26/h2-11,14H,12-13H2,1H3,(H,27,29). The van der Waals surface area contributed by atoms with E-state index in [2.05, 4.69) is 5.32 Å². The fraction of sp³-hybridized carbons (Fsp3) is 0.120. The molecule has 0 saturated heterocycles. The van der Waals surface area contributed by atoms with Gasteiger partial charge in [0.25, 0.3) is 11.8 Å². The first-order valence-corrected chi connectivity index (χ1v) is 10.3. The Morgan fingerprint density at radius 1 is 0.912 bits per heavy atom. The summed E-state index contributed by atoms with van der Waals surface area (Å²) in [6.45, 7) is 1.18. The van der Waals surface area contributed by atoms with E-state index in [-0.39, 0.29) is 41.6 Å². The van der Waals surface area contributed by atoms with Crippen molar-refractivity contribution in [2.45, 2.75) is 6.92 Å². The number of rotatable bonds is 7. The molecule has 3 aromatic rings. The van der Waals surface area contributed by atoms with Gasteiger partial charge < -0.3 is 14.8 Å². The number of benzene rings is 3. The number of ether oxygens (including phenoxy) is 2. The van der Waals surface area contributed by atoms with E-state index < -0.39 is 23.6 Å². The molecule has 0 unspecified atom stereocenters. The van der Waals surface area contributed by atoms with Gasteiger partial charge in [-0.25, -0.2) is 14.1 Å². The monoisotopic (exact) mass is 462 g/mol. The molecule has 3 amide bonds. The molecule has 4 rings (SSSR count). The van der Waals surface area contributed by atoms with Gasteiger partial charge in [0.1, 0.15) is 13.2 Å². The van der Waals surface area contributed by atoms with Crippen molar-refractivity contribution in [1.29, 1.82) is 0 Å². The van der Waals surface area contributed by atoms with Crippen LogP contribution in [0.4, 0.5) is 15.8 Å². The highest BCUT2D eigenvalue weighted by Crippen LogP contribution is 2.30. The first kappa shape index (κ1) is 22.7. The fourth-order valence-corrected chi connectivity index (χ4v) is 3.43. The average Bonchev–Trinajstić information content (AvgIpc) is 3.07. The largest absolute Gasteiger partial charge is 0.487 e. The van der Waals surface area contributed by atoms with Crippen molar-refractivity contribution in [3.05, 3.63) is 89.2 Å². The van der Waals surface area contributed by atoms with E-state index in [0.717, 1.165) is 4.90 Å². The minimum atomic E-state index is -0.710. The van der Waals surface area contributed by atoms with Crippen molar-refractivity contribution < 1.29 is 33.0 Å². The number of esters is 1. The van der Waals surface area contributed by atoms with Gasteiger partial charge in [0, 0.05) is 12.6 Å². The molecule has 0 atom stereocenters. The van der Waals surface area contributed by atoms with Crippen molar-refractivity contribution in [2.24, 2.45) is 0 Å². The summed E-state index contributed by atoms with van der Waals surface area (Å²) >= 11 is 0. The van der Waals surface area contributed by atoms with Gasteiger partial charge in [0.05, 0.1) is 22.4 Å². The summed E-state index contributed by atoms with van der Waals surface area (Å²) in [7, 11) is 0. The Labute approximate surface area is 193 Å². The molecule has 1 N–H and O–H groups in total. The second-order valence-electron chi connectivity index (χ2n) is 7.35. The van der Waals surface area contributed by atoms with Gasteiger partial charge >= 0.3 is 5.97 Å². The third-order valence-corrected chi connectivity index (χ3v) is 4.98. The Balaban J connectivity index is 1.42.